The number of nitrogens with zero attached hydrogens (tertiary/aromatic N) is 3. The van der Waals surface area contributed by atoms with Gasteiger partial charge in [0.15, 0.2) is 0 Å². The average Bonchev–Trinajstić information content (AvgIpc) is 2.69. The lowest BCUT2D eigenvalue weighted by Crippen LogP contribution is -2.42. The zero-order chi connectivity index (χ0) is 13.8. The van der Waals surface area contributed by atoms with Crippen molar-refractivity contribution in [2.24, 2.45) is 7.05 Å². The van der Waals surface area contributed by atoms with Crippen molar-refractivity contribution < 1.29 is 9.53 Å². The summed E-state index contributed by atoms with van der Waals surface area (Å²) in [5, 5.41) is 7.81. The highest BCUT2D eigenvalue weighted by molar-refractivity contribution is 5.67. The molecule has 0 spiro atoms. The topological polar surface area (TPSA) is 59.4 Å². The lowest BCUT2D eigenvalue weighted by atomic mass is 10.1. The van der Waals surface area contributed by atoms with Crippen LogP contribution in [0.1, 0.15) is 25.5 Å². The van der Waals surface area contributed by atoms with Gasteiger partial charge in [0, 0.05) is 32.4 Å². The third-order valence-corrected chi connectivity index (χ3v) is 3.39. The van der Waals surface area contributed by atoms with Crippen molar-refractivity contribution in [3.05, 3.63) is 11.9 Å². The van der Waals surface area contributed by atoms with E-state index in [1.165, 1.54) is 0 Å². The third-order valence-electron chi connectivity index (χ3n) is 3.39. The monoisotopic (exact) mass is 266 g/mol. The molecule has 0 bridgehead atoms. The van der Waals surface area contributed by atoms with Gasteiger partial charge in [0.2, 0.25) is 0 Å². The number of ether oxygens (including phenoxy) is 1. The summed E-state index contributed by atoms with van der Waals surface area (Å²) in [4.78, 5) is 13.4. The molecule has 0 atom stereocenters. The fraction of sp³-hybridized carbons (Fsp3) is 0.692. The van der Waals surface area contributed by atoms with Crippen LogP contribution in [-0.2, 0) is 11.8 Å². The van der Waals surface area contributed by atoms with E-state index >= 15 is 0 Å². The van der Waals surface area contributed by atoms with E-state index < -0.39 is 0 Å². The standard InChI is InChI=1S/C13H22N4O2/c1-4-19-13(18)17-7-5-11(6-8-17)14-12-9-16(3)15-10(12)2/h9,11,14H,4-8H2,1-3H3. The van der Waals surface area contributed by atoms with Crippen molar-refractivity contribution in [1.82, 2.24) is 14.7 Å². The lowest BCUT2D eigenvalue weighted by molar-refractivity contribution is 0.0983. The fourth-order valence-corrected chi connectivity index (χ4v) is 2.38. The molecular formula is C13H22N4O2. The number of nitrogens with one attached hydrogen (secondary N) is 1. The predicted molar refractivity (Wildman–Crippen MR) is 73.2 cm³/mol. The van der Waals surface area contributed by atoms with Crippen LogP contribution in [0.25, 0.3) is 0 Å². The van der Waals surface area contributed by atoms with Crippen LogP contribution in [0, 0.1) is 6.92 Å². The molecule has 1 saturated heterocycles. The molecular weight excluding hydrogens is 244 g/mol. The maximum absolute atomic E-state index is 11.6. The Morgan fingerprint density at radius 3 is 2.74 bits per heavy atom. The summed E-state index contributed by atoms with van der Waals surface area (Å²) in [7, 11) is 1.92. The highest BCUT2D eigenvalue weighted by Gasteiger charge is 2.23. The molecule has 1 aromatic heterocycles. The first kappa shape index (κ1) is 13.7. The quantitative estimate of drug-likeness (QED) is 0.905. The Balaban J connectivity index is 1.83. The molecule has 19 heavy (non-hydrogen) atoms. The van der Waals surface area contributed by atoms with Gasteiger partial charge in [-0.15, -0.1) is 0 Å². The van der Waals surface area contributed by atoms with Gasteiger partial charge < -0.3 is 15.0 Å². The second-order valence-corrected chi connectivity index (χ2v) is 4.91. The Labute approximate surface area is 113 Å². The largest absolute Gasteiger partial charge is 0.450 e. The number of hydrogen-bond donors (Lipinski definition) is 1. The first-order chi connectivity index (χ1) is 9.10. The summed E-state index contributed by atoms with van der Waals surface area (Å²) in [5.41, 5.74) is 2.09. The number of carbonyl (C=O) groups excluding carboxylic acids is 1. The van der Waals surface area contributed by atoms with Crippen molar-refractivity contribution in [2.75, 3.05) is 25.0 Å². The molecule has 1 aliphatic rings. The molecule has 0 saturated carbocycles. The van der Waals surface area contributed by atoms with Gasteiger partial charge in [-0.2, -0.15) is 5.10 Å². The Morgan fingerprint density at radius 1 is 1.53 bits per heavy atom. The number of aryl methyl sites for hydroxylation is 2. The molecule has 2 rings (SSSR count). The lowest BCUT2D eigenvalue weighted by Gasteiger charge is -2.31. The Hall–Kier alpha value is -1.72. The van der Waals surface area contributed by atoms with Gasteiger partial charge in [0.05, 0.1) is 18.0 Å². The summed E-state index contributed by atoms with van der Waals surface area (Å²) >= 11 is 0. The highest BCUT2D eigenvalue weighted by atomic mass is 16.6. The Kier molecular flexibility index (Phi) is 4.29. The van der Waals surface area contributed by atoms with Gasteiger partial charge >= 0.3 is 6.09 Å². The molecule has 6 nitrogen and oxygen atoms in total. The van der Waals surface area contributed by atoms with Crippen molar-refractivity contribution in [3.8, 4) is 0 Å². The fourth-order valence-electron chi connectivity index (χ4n) is 2.38. The second kappa shape index (κ2) is 5.95. The molecule has 106 valence electrons. The van der Waals surface area contributed by atoms with Gasteiger partial charge in [-0.05, 0) is 26.7 Å². The number of amides is 1. The minimum absolute atomic E-state index is 0.196. The third kappa shape index (κ3) is 3.39. The summed E-state index contributed by atoms with van der Waals surface area (Å²) in [6.07, 6.45) is 3.67. The Bertz CT molecular complexity index is 436. The average molecular weight is 266 g/mol. The van der Waals surface area contributed by atoms with E-state index in [-0.39, 0.29) is 6.09 Å². The SMILES string of the molecule is CCOC(=O)N1CCC(Nc2cn(C)nc2C)CC1. The molecule has 0 aromatic carbocycles. The van der Waals surface area contributed by atoms with E-state index in [1.807, 2.05) is 31.8 Å². The van der Waals surface area contributed by atoms with Crippen LogP contribution in [0.2, 0.25) is 0 Å². The number of aromatic nitrogens is 2. The van der Waals surface area contributed by atoms with E-state index in [9.17, 15) is 4.79 Å². The zero-order valence-electron chi connectivity index (χ0n) is 11.8. The van der Waals surface area contributed by atoms with Crippen molar-refractivity contribution in [2.45, 2.75) is 32.7 Å². The number of rotatable bonds is 3. The van der Waals surface area contributed by atoms with E-state index in [0.29, 0.717) is 12.6 Å². The highest BCUT2D eigenvalue weighted by Crippen LogP contribution is 2.19. The van der Waals surface area contributed by atoms with E-state index in [1.54, 1.807) is 4.90 Å². The van der Waals surface area contributed by atoms with Crippen molar-refractivity contribution >= 4 is 11.8 Å². The van der Waals surface area contributed by atoms with Gasteiger partial charge in [0.1, 0.15) is 0 Å². The van der Waals surface area contributed by atoms with E-state index in [4.69, 9.17) is 4.74 Å². The van der Waals surface area contributed by atoms with Crippen LogP contribution in [0.15, 0.2) is 6.20 Å². The summed E-state index contributed by atoms with van der Waals surface area (Å²) in [5.74, 6) is 0. The minimum atomic E-state index is -0.196. The molecule has 1 fully saturated rings. The molecule has 0 radical (unpaired) electrons. The van der Waals surface area contributed by atoms with Gasteiger partial charge in [-0.3, -0.25) is 4.68 Å². The number of anilines is 1. The molecule has 1 N–H and O–H groups in total. The van der Waals surface area contributed by atoms with Gasteiger partial charge in [-0.1, -0.05) is 0 Å². The summed E-state index contributed by atoms with van der Waals surface area (Å²) in [6.45, 7) is 5.75. The minimum Gasteiger partial charge on any atom is -0.450 e. The zero-order valence-corrected chi connectivity index (χ0v) is 11.8. The first-order valence-corrected chi connectivity index (χ1v) is 6.78. The molecule has 0 aliphatic carbocycles. The smallest absolute Gasteiger partial charge is 0.409 e. The summed E-state index contributed by atoms with van der Waals surface area (Å²) < 4.78 is 6.82. The van der Waals surface area contributed by atoms with Crippen LogP contribution in [0.3, 0.4) is 0 Å². The maximum Gasteiger partial charge on any atom is 0.409 e. The molecule has 1 aliphatic heterocycles. The molecule has 2 heterocycles. The van der Waals surface area contributed by atoms with Crippen LogP contribution in [0.4, 0.5) is 10.5 Å². The Morgan fingerprint density at radius 2 is 2.21 bits per heavy atom. The van der Waals surface area contributed by atoms with Crippen LogP contribution in [0.5, 0.6) is 0 Å². The number of likely N-dealkylation sites (tertiary alicyclic amines) is 1. The molecule has 0 unspecified atom stereocenters. The van der Waals surface area contributed by atoms with Crippen molar-refractivity contribution in [1.29, 1.82) is 0 Å². The van der Waals surface area contributed by atoms with Crippen LogP contribution in [-0.4, -0.2) is 46.5 Å². The summed E-state index contributed by atoms with van der Waals surface area (Å²) in [6, 6.07) is 0.397. The van der Waals surface area contributed by atoms with Gasteiger partial charge in [-0.25, -0.2) is 4.79 Å². The second-order valence-electron chi connectivity index (χ2n) is 4.91. The first-order valence-electron chi connectivity index (χ1n) is 6.78. The van der Waals surface area contributed by atoms with E-state index in [2.05, 4.69) is 10.4 Å². The predicted octanol–water partition coefficient (Wildman–Crippen LogP) is 1.76. The van der Waals surface area contributed by atoms with Crippen molar-refractivity contribution in [3.63, 3.8) is 0 Å². The maximum atomic E-state index is 11.6. The molecule has 1 aromatic rings. The van der Waals surface area contributed by atoms with E-state index in [0.717, 1.165) is 37.3 Å². The number of carbonyl (C=O) groups is 1. The number of hydrogen-bond acceptors (Lipinski definition) is 4. The van der Waals surface area contributed by atoms with Crippen LogP contribution >= 0.6 is 0 Å². The number of piperidine rings is 1. The molecule has 1 amide bonds. The van der Waals surface area contributed by atoms with Gasteiger partial charge in [0.25, 0.3) is 0 Å². The normalized spacial score (nSPS) is 16.5. The molecule has 6 heteroatoms. The van der Waals surface area contributed by atoms with Crippen LogP contribution < -0.4 is 5.32 Å².